The number of nitrogens with one attached hydrogen (secondary N) is 1. The summed E-state index contributed by atoms with van der Waals surface area (Å²) in [6.45, 7) is 0.647. The van der Waals surface area contributed by atoms with Gasteiger partial charge in [-0.2, -0.15) is 0 Å². The van der Waals surface area contributed by atoms with Gasteiger partial charge in [0.05, 0.1) is 40.7 Å². The minimum Gasteiger partial charge on any atom is -0.379 e. The van der Waals surface area contributed by atoms with Crippen molar-refractivity contribution in [2.45, 2.75) is 6.04 Å². The molecule has 1 aromatic heterocycles. The summed E-state index contributed by atoms with van der Waals surface area (Å²) < 4.78 is 31.6. The van der Waals surface area contributed by atoms with Gasteiger partial charge < -0.3 is 10.1 Å². The summed E-state index contributed by atoms with van der Waals surface area (Å²) >= 11 is 1.47. The molecule has 1 aromatic carbocycles. The van der Waals surface area contributed by atoms with Crippen LogP contribution in [0.4, 0.5) is 0 Å². The summed E-state index contributed by atoms with van der Waals surface area (Å²) in [5, 5.41) is 2.90. The fourth-order valence-corrected chi connectivity index (χ4v) is 4.47. The quantitative estimate of drug-likeness (QED) is 0.847. The van der Waals surface area contributed by atoms with Gasteiger partial charge in [0.15, 0.2) is 0 Å². The number of thiazole rings is 1. The van der Waals surface area contributed by atoms with Gasteiger partial charge in [0.2, 0.25) is 10.0 Å². The number of benzene rings is 1. The minimum atomic E-state index is -3.34. The Bertz CT molecular complexity index is 847. The van der Waals surface area contributed by atoms with E-state index >= 15 is 0 Å². The molecule has 1 N–H and O–H groups in total. The van der Waals surface area contributed by atoms with E-state index in [9.17, 15) is 13.2 Å². The Kier molecular flexibility index (Phi) is 4.86. The van der Waals surface area contributed by atoms with E-state index < -0.39 is 10.0 Å². The molecule has 130 valence electrons. The normalized spacial score (nSPS) is 21.5. The molecule has 9 heteroatoms. The maximum Gasteiger partial charge on any atom is 0.251 e. The first-order valence-corrected chi connectivity index (χ1v) is 9.98. The molecule has 0 spiro atoms. The van der Waals surface area contributed by atoms with Crippen LogP contribution in [0, 0.1) is 5.92 Å². The monoisotopic (exact) mass is 369 g/mol. The smallest absolute Gasteiger partial charge is 0.251 e. The Balaban J connectivity index is 1.70. The molecular weight excluding hydrogens is 350 g/mol. The highest BCUT2D eigenvalue weighted by Crippen LogP contribution is 2.21. The molecule has 1 aliphatic heterocycles. The van der Waals surface area contributed by atoms with Gasteiger partial charge in [-0.1, -0.05) is 0 Å². The van der Waals surface area contributed by atoms with Gasteiger partial charge in [-0.3, -0.25) is 4.79 Å². The number of sulfonamides is 1. The second kappa shape index (κ2) is 6.75. The van der Waals surface area contributed by atoms with E-state index in [0.29, 0.717) is 18.8 Å². The van der Waals surface area contributed by atoms with Crippen molar-refractivity contribution in [3.8, 4) is 0 Å². The second-order valence-corrected chi connectivity index (χ2v) is 9.09. The molecule has 24 heavy (non-hydrogen) atoms. The molecule has 1 saturated heterocycles. The molecule has 1 fully saturated rings. The first-order valence-electron chi connectivity index (χ1n) is 7.49. The Morgan fingerprint density at radius 2 is 2.21 bits per heavy atom. The molecule has 7 nitrogen and oxygen atoms in total. The Morgan fingerprint density at radius 3 is 2.96 bits per heavy atom. The molecule has 1 aliphatic rings. The molecule has 2 aromatic rings. The number of nitrogens with zero attached hydrogens (tertiary/aromatic N) is 2. The predicted molar refractivity (Wildman–Crippen MR) is 92.7 cm³/mol. The highest BCUT2D eigenvalue weighted by molar-refractivity contribution is 7.89. The molecule has 0 unspecified atom stereocenters. The van der Waals surface area contributed by atoms with E-state index in [1.54, 1.807) is 23.7 Å². The average Bonchev–Trinajstić information content (AvgIpc) is 3.15. The molecule has 0 radical (unpaired) electrons. The van der Waals surface area contributed by atoms with Crippen LogP contribution < -0.4 is 5.32 Å². The molecule has 0 saturated carbocycles. The first kappa shape index (κ1) is 17.3. The number of rotatable bonds is 5. The third-order valence-corrected chi connectivity index (χ3v) is 6.84. The zero-order valence-corrected chi connectivity index (χ0v) is 15.1. The number of hydrogen-bond donors (Lipinski definition) is 1. The summed E-state index contributed by atoms with van der Waals surface area (Å²) in [5.41, 5.74) is 3.13. The van der Waals surface area contributed by atoms with Gasteiger partial charge in [-0.25, -0.2) is 17.7 Å². The van der Waals surface area contributed by atoms with Crippen molar-refractivity contribution in [3.63, 3.8) is 0 Å². The summed E-state index contributed by atoms with van der Waals surface area (Å²) in [6.07, 6.45) is 0. The predicted octanol–water partition coefficient (Wildman–Crippen LogP) is 0.933. The van der Waals surface area contributed by atoms with Crippen LogP contribution in [0.3, 0.4) is 0 Å². The summed E-state index contributed by atoms with van der Waals surface area (Å²) in [7, 11) is -0.335. The number of carbonyl (C=O) groups is 1. The van der Waals surface area contributed by atoms with Gasteiger partial charge in [0, 0.05) is 25.6 Å². The van der Waals surface area contributed by atoms with Crippen molar-refractivity contribution in [1.29, 1.82) is 0 Å². The summed E-state index contributed by atoms with van der Waals surface area (Å²) in [5.74, 6) is -0.528. The van der Waals surface area contributed by atoms with Crippen molar-refractivity contribution < 1.29 is 17.9 Å². The topological polar surface area (TPSA) is 88.6 Å². The number of amides is 1. The van der Waals surface area contributed by atoms with E-state index in [1.807, 2.05) is 0 Å². The molecule has 0 bridgehead atoms. The maximum absolute atomic E-state index is 12.5. The standard InChI is InChI=1S/C15H19N3O4S2/c1-18(2)24(20,21)8-11-6-22-7-13(11)17-15(19)10-3-4-12-14(5-10)23-9-16-12/h3-5,9,11,13H,6-8H2,1-2H3,(H,17,19)/t11-,13-/m0/s1. The largest absolute Gasteiger partial charge is 0.379 e. The van der Waals surface area contributed by atoms with E-state index in [4.69, 9.17) is 4.74 Å². The molecule has 3 rings (SSSR count). The molecule has 0 aliphatic carbocycles. The average molecular weight is 369 g/mol. The van der Waals surface area contributed by atoms with Crippen molar-refractivity contribution in [2.24, 2.45) is 5.92 Å². The third kappa shape index (κ3) is 3.59. The van der Waals surface area contributed by atoms with E-state index in [0.717, 1.165) is 10.2 Å². The third-order valence-electron chi connectivity index (χ3n) is 4.09. The number of hydrogen-bond acceptors (Lipinski definition) is 6. The molecule has 2 heterocycles. The van der Waals surface area contributed by atoms with Crippen LogP contribution in [0.2, 0.25) is 0 Å². The number of ether oxygens (including phenoxy) is 1. The minimum absolute atomic E-state index is 0.0428. The van der Waals surface area contributed by atoms with Crippen LogP contribution in [-0.4, -0.2) is 62.7 Å². The fourth-order valence-electron chi connectivity index (χ4n) is 2.59. The van der Waals surface area contributed by atoms with E-state index in [-0.39, 0.29) is 23.6 Å². The molecule has 2 atom stereocenters. The Morgan fingerprint density at radius 1 is 1.42 bits per heavy atom. The maximum atomic E-state index is 12.5. The van der Waals surface area contributed by atoms with E-state index in [1.165, 1.54) is 29.7 Å². The lowest BCUT2D eigenvalue weighted by Gasteiger charge is -2.21. The first-order chi connectivity index (χ1) is 11.4. The number of fused-ring (bicyclic) bond motifs is 1. The van der Waals surface area contributed by atoms with Crippen LogP contribution in [0.1, 0.15) is 10.4 Å². The number of carbonyl (C=O) groups excluding carboxylic acids is 1. The lowest BCUT2D eigenvalue weighted by molar-refractivity contribution is 0.0926. The number of aromatic nitrogens is 1. The second-order valence-electron chi connectivity index (χ2n) is 5.97. The summed E-state index contributed by atoms with van der Waals surface area (Å²) in [4.78, 5) is 16.7. The zero-order valence-electron chi connectivity index (χ0n) is 13.4. The van der Waals surface area contributed by atoms with Crippen molar-refractivity contribution in [2.75, 3.05) is 33.1 Å². The highest BCUT2D eigenvalue weighted by atomic mass is 32.2. The van der Waals surface area contributed by atoms with Crippen molar-refractivity contribution >= 4 is 37.5 Å². The molecular formula is C15H19N3O4S2. The lowest BCUT2D eigenvalue weighted by Crippen LogP contribution is -2.43. The van der Waals surface area contributed by atoms with Crippen LogP contribution in [0.25, 0.3) is 10.2 Å². The van der Waals surface area contributed by atoms with E-state index in [2.05, 4.69) is 10.3 Å². The van der Waals surface area contributed by atoms with Gasteiger partial charge in [-0.15, -0.1) is 11.3 Å². The van der Waals surface area contributed by atoms with Crippen LogP contribution in [-0.2, 0) is 14.8 Å². The van der Waals surface area contributed by atoms with Crippen molar-refractivity contribution in [3.05, 3.63) is 29.3 Å². The Labute approximate surface area is 144 Å². The van der Waals surface area contributed by atoms with Gasteiger partial charge in [-0.05, 0) is 18.2 Å². The Hall–Kier alpha value is -1.55. The fraction of sp³-hybridized carbons (Fsp3) is 0.467. The lowest BCUT2D eigenvalue weighted by atomic mass is 10.1. The van der Waals surface area contributed by atoms with Crippen LogP contribution in [0.15, 0.2) is 23.7 Å². The van der Waals surface area contributed by atoms with Crippen LogP contribution >= 0.6 is 11.3 Å². The van der Waals surface area contributed by atoms with Gasteiger partial charge in [0.1, 0.15) is 0 Å². The summed E-state index contributed by atoms with van der Waals surface area (Å²) in [6, 6.07) is 5.01. The van der Waals surface area contributed by atoms with Gasteiger partial charge >= 0.3 is 0 Å². The highest BCUT2D eigenvalue weighted by Gasteiger charge is 2.34. The van der Waals surface area contributed by atoms with Crippen LogP contribution in [0.5, 0.6) is 0 Å². The van der Waals surface area contributed by atoms with Crippen molar-refractivity contribution in [1.82, 2.24) is 14.6 Å². The zero-order chi connectivity index (χ0) is 17.3. The SMILES string of the molecule is CN(C)S(=O)(=O)C[C@@H]1COC[C@@H]1NC(=O)c1ccc2ncsc2c1. The van der Waals surface area contributed by atoms with Gasteiger partial charge in [0.25, 0.3) is 5.91 Å². The molecule has 1 amide bonds.